The highest BCUT2D eigenvalue weighted by Crippen LogP contribution is 2.32. The standard InChI is InChI=1S/C24H25F7N6O2/c1-10(2)37-21-11(6-34-23(36-21)35-13-4-12(25)7-32-8-13)3-15(22(37)39)14-5-16(26)20(19(28)18(14)27)33-9-17(38)24(29,30)31/h3,5-6,10,12-13,17,32-33,38H,4,7-9H2,1-2H3,(H,34,35,36)/t12-,13-,17?/m0/s1. The van der Waals surface area contributed by atoms with Crippen LogP contribution in [0.1, 0.15) is 26.3 Å². The molecule has 0 amide bonds. The number of rotatable bonds is 7. The van der Waals surface area contributed by atoms with Gasteiger partial charge in [-0.3, -0.25) is 9.36 Å². The number of nitrogens with one attached hydrogen (secondary N) is 3. The fraction of sp³-hybridized carbons (Fsp3) is 0.458. The average Bonchev–Trinajstić information content (AvgIpc) is 2.85. The molecular formula is C24H25F7N6O2. The van der Waals surface area contributed by atoms with Gasteiger partial charge < -0.3 is 21.1 Å². The van der Waals surface area contributed by atoms with E-state index in [2.05, 4.69) is 20.6 Å². The Morgan fingerprint density at radius 2 is 1.87 bits per heavy atom. The second-order valence-electron chi connectivity index (χ2n) is 9.48. The summed E-state index contributed by atoms with van der Waals surface area (Å²) in [6.45, 7) is 2.64. The van der Waals surface area contributed by atoms with E-state index < -0.39 is 70.9 Å². The maximum absolute atomic E-state index is 15.1. The Labute approximate surface area is 217 Å². The highest BCUT2D eigenvalue weighted by atomic mass is 19.4. The molecule has 3 aromatic rings. The number of hydrogen-bond acceptors (Lipinski definition) is 7. The van der Waals surface area contributed by atoms with Gasteiger partial charge in [0.05, 0.1) is 5.56 Å². The predicted molar refractivity (Wildman–Crippen MR) is 130 cm³/mol. The Morgan fingerprint density at radius 1 is 1.15 bits per heavy atom. The van der Waals surface area contributed by atoms with Gasteiger partial charge in [0.2, 0.25) is 5.95 Å². The lowest BCUT2D eigenvalue weighted by Crippen LogP contribution is -2.44. The Hall–Kier alpha value is -3.46. The number of anilines is 2. The van der Waals surface area contributed by atoms with E-state index in [4.69, 9.17) is 5.11 Å². The second-order valence-corrected chi connectivity index (χ2v) is 9.48. The maximum Gasteiger partial charge on any atom is 0.416 e. The molecule has 0 saturated carbocycles. The Morgan fingerprint density at radius 3 is 2.51 bits per heavy atom. The van der Waals surface area contributed by atoms with Crippen molar-refractivity contribution in [1.29, 1.82) is 0 Å². The summed E-state index contributed by atoms with van der Waals surface area (Å²) in [5, 5.41) is 17.0. The molecule has 1 fully saturated rings. The van der Waals surface area contributed by atoms with E-state index in [0.29, 0.717) is 12.6 Å². The fourth-order valence-electron chi connectivity index (χ4n) is 4.31. The summed E-state index contributed by atoms with van der Waals surface area (Å²) < 4.78 is 97.0. The minimum Gasteiger partial charge on any atom is -0.382 e. The van der Waals surface area contributed by atoms with Crippen LogP contribution in [0.15, 0.2) is 23.1 Å². The first-order valence-corrected chi connectivity index (χ1v) is 12.0. The van der Waals surface area contributed by atoms with Crippen LogP contribution in [0.4, 0.5) is 42.4 Å². The molecular weight excluding hydrogens is 537 g/mol. The zero-order valence-electron chi connectivity index (χ0n) is 20.7. The smallest absolute Gasteiger partial charge is 0.382 e. The average molecular weight is 562 g/mol. The van der Waals surface area contributed by atoms with Crippen molar-refractivity contribution in [2.45, 2.75) is 50.8 Å². The summed E-state index contributed by atoms with van der Waals surface area (Å²) in [5.74, 6) is -4.91. The van der Waals surface area contributed by atoms with Crippen molar-refractivity contribution < 1.29 is 35.8 Å². The summed E-state index contributed by atoms with van der Waals surface area (Å²) in [5.41, 5.74) is -3.13. The highest BCUT2D eigenvalue weighted by molar-refractivity contribution is 5.82. The number of alkyl halides is 4. The molecule has 1 aliphatic heterocycles. The van der Waals surface area contributed by atoms with Gasteiger partial charge in [-0.05, 0) is 26.0 Å². The second kappa shape index (κ2) is 11.0. The Bertz CT molecular complexity index is 1430. The van der Waals surface area contributed by atoms with Gasteiger partial charge in [-0.25, -0.2) is 22.5 Å². The van der Waals surface area contributed by atoms with E-state index in [1.165, 1.54) is 10.8 Å². The number of fused-ring (bicyclic) bond motifs is 1. The SMILES string of the molecule is CC(C)n1c(=O)c(-c2cc(F)c(NCC(O)C(F)(F)F)c(F)c2F)cc2cnc(N[C@@H]3CNC[C@@H](F)C3)nc21. The zero-order chi connectivity index (χ0) is 28.6. The van der Waals surface area contributed by atoms with Crippen LogP contribution in [0.2, 0.25) is 0 Å². The largest absolute Gasteiger partial charge is 0.416 e. The minimum atomic E-state index is -5.06. The molecule has 0 bridgehead atoms. The van der Waals surface area contributed by atoms with Gasteiger partial charge >= 0.3 is 6.18 Å². The molecule has 1 aliphatic rings. The maximum atomic E-state index is 15.1. The molecule has 3 atom stereocenters. The van der Waals surface area contributed by atoms with Gasteiger partial charge in [0, 0.05) is 55.3 Å². The van der Waals surface area contributed by atoms with Crippen LogP contribution in [-0.2, 0) is 0 Å². The van der Waals surface area contributed by atoms with Crippen LogP contribution in [0.3, 0.4) is 0 Å². The first-order chi connectivity index (χ1) is 18.3. The number of benzene rings is 1. The molecule has 3 heterocycles. The fourth-order valence-corrected chi connectivity index (χ4v) is 4.31. The third kappa shape index (κ3) is 5.93. The normalized spacial score (nSPS) is 18.9. The van der Waals surface area contributed by atoms with Gasteiger partial charge in [0.25, 0.3) is 5.56 Å². The molecule has 1 unspecified atom stereocenters. The zero-order valence-corrected chi connectivity index (χ0v) is 20.7. The molecule has 8 nitrogen and oxygen atoms in total. The Kier molecular flexibility index (Phi) is 8.02. The van der Waals surface area contributed by atoms with E-state index in [1.54, 1.807) is 19.2 Å². The summed E-state index contributed by atoms with van der Waals surface area (Å²) in [7, 11) is 0. The van der Waals surface area contributed by atoms with E-state index in [0.717, 1.165) is 6.07 Å². The predicted octanol–water partition coefficient (Wildman–Crippen LogP) is 3.90. The number of pyridine rings is 1. The molecule has 0 aliphatic carbocycles. The Balaban J connectivity index is 1.74. The third-order valence-corrected chi connectivity index (χ3v) is 6.22. The number of aliphatic hydroxyl groups excluding tert-OH is 1. The van der Waals surface area contributed by atoms with Crippen LogP contribution < -0.4 is 21.5 Å². The van der Waals surface area contributed by atoms with Gasteiger partial charge in [-0.1, -0.05) is 0 Å². The molecule has 39 heavy (non-hydrogen) atoms. The molecule has 0 spiro atoms. The van der Waals surface area contributed by atoms with Crippen molar-refractivity contribution >= 4 is 22.7 Å². The molecule has 1 aromatic carbocycles. The number of halogens is 7. The van der Waals surface area contributed by atoms with Crippen LogP contribution in [0, 0.1) is 17.5 Å². The summed E-state index contributed by atoms with van der Waals surface area (Å²) in [4.78, 5) is 21.9. The molecule has 15 heteroatoms. The summed E-state index contributed by atoms with van der Waals surface area (Å²) in [6.07, 6.45) is -7.54. The minimum absolute atomic E-state index is 0.115. The monoisotopic (exact) mass is 562 g/mol. The number of piperidine rings is 1. The lowest BCUT2D eigenvalue weighted by atomic mass is 10.0. The van der Waals surface area contributed by atoms with Gasteiger partial charge in [0.15, 0.2) is 17.7 Å². The molecule has 4 rings (SSSR count). The van der Waals surface area contributed by atoms with Crippen molar-refractivity contribution in [1.82, 2.24) is 19.9 Å². The van der Waals surface area contributed by atoms with E-state index in [9.17, 15) is 31.1 Å². The van der Waals surface area contributed by atoms with Crippen molar-refractivity contribution in [2.75, 3.05) is 30.3 Å². The van der Waals surface area contributed by atoms with Crippen LogP contribution in [0.5, 0.6) is 0 Å². The number of nitrogens with zero attached hydrogens (tertiary/aromatic N) is 3. The van der Waals surface area contributed by atoms with E-state index in [-0.39, 0.29) is 36.0 Å². The van der Waals surface area contributed by atoms with Crippen molar-refractivity contribution in [2.24, 2.45) is 0 Å². The summed E-state index contributed by atoms with van der Waals surface area (Å²) in [6, 6.07) is 0.775. The number of hydrogen-bond donors (Lipinski definition) is 4. The lowest BCUT2D eigenvalue weighted by molar-refractivity contribution is -0.198. The molecule has 0 radical (unpaired) electrons. The third-order valence-electron chi connectivity index (χ3n) is 6.22. The number of aromatic nitrogens is 3. The van der Waals surface area contributed by atoms with Crippen molar-refractivity contribution in [3.05, 3.63) is 46.1 Å². The number of aliphatic hydroxyl groups is 1. The first kappa shape index (κ1) is 28.5. The first-order valence-electron chi connectivity index (χ1n) is 12.0. The van der Waals surface area contributed by atoms with Crippen molar-refractivity contribution in [3.8, 4) is 11.1 Å². The van der Waals surface area contributed by atoms with Gasteiger partial charge in [-0.2, -0.15) is 18.2 Å². The summed E-state index contributed by atoms with van der Waals surface area (Å²) >= 11 is 0. The molecule has 1 saturated heterocycles. The van der Waals surface area contributed by atoms with Gasteiger partial charge in [0.1, 0.15) is 23.3 Å². The quantitative estimate of drug-likeness (QED) is 0.256. The van der Waals surface area contributed by atoms with Crippen LogP contribution >= 0.6 is 0 Å². The van der Waals surface area contributed by atoms with Crippen LogP contribution in [-0.4, -0.2) is 63.8 Å². The van der Waals surface area contributed by atoms with Crippen LogP contribution in [0.25, 0.3) is 22.2 Å². The molecule has 4 N–H and O–H groups in total. The van der Waals surface area contributed by atoms with E-state index >= 15 is 4.39 Å². The molecule has 212 valence electrons. The molecule has 2 aromatic heterocycles. The van der Waals surface area contributed by atoms with Gasteiger partial charge in [-0.15, -0.1) is 0 Å². The van der Waals surface area contributed by atoms with Crippen molar-refractivity contribution in [3.63, 3.8) is 0 Å². The van der Waals surface area contributed by atoms with E-state index in [1.807, 2.05) is 0 Å². The topological polar surface area (TPSA) is 104 Å². The lowest BCUT2D eigenvalue weighted by Gasteiger charge is -2.26. The highest BCUT2D eigenvalue weighted by Gasteiger charge is 2.38.